The summed E-state index contributed by atoms with van der Waals surface area (Å²) in [4.78, 5) is 19.0. The van der Waals surface area contributed by atoms with E-state index in [9.17, 15) is 4.79 Å². The van der Waals surface area contributed by atoms with Crippen LogP contribution in [0.5, 0.6) is 0 Å². The molecule has 0 atom stereocenters. The molecule has 1 aromatic carbocycles. The Morgan fingerprint density at radius 2 is 2.06 bits per heavy atom. The summed E-state index contributed by atoms with van der Waals surface area (Å²) in [6.07, 6.45) is 0.875. The van der Waals surface area contributed by atoms with E-state index in [2.05, 4.69) is 5.10 Å². The lowest BCUT2D eigenvalue weighted by Gasteiger charge is -2.16. The number of amides is 1. The molecule has 88 valence electrons. The van der Waals surface area contributed by atoms with E-state index in [1.807, 2.05) is 18.2 Å². The van der Waals surface area contributed by atoms with Gasteiger partial charge in [-0.05, 0) is 18.2 Å². The van der Waals surface area contributed by atoms with Crippen LogP contribution in [-0.2, 0) is 0 Å². The molecule has 0 bridgehead atoms. The van der Waals surface area contributed by atoms with E-state index in [4.69, 9.17) is 16.4 Å². The molecule has 0 aliphatic heterocycles. The van der Waals surface area contributed by atoms with Crippen LogP contribution in [0.1, 0.15) is 0 Å². The summed E-state index contributed by atoms with van der Waals surface area (Å²) in [5.74, 6) is 0. The minimum atomic E-state index is -0.568. The summed E-state index contributed by atoms with van der Waals surface area (Å²) in [7, 11) is 1.61. The van der Waals surface area contributed by atoms with Gasteiger partial charge in [0.2, 0.25) is 0 Å². The number of nitrogens with zero attached hydrogens (tertiary/aromatic N) is 3. The van der Waals surface area contributed by atoms with Crippen LogP contribution >= 0.6 is 11.6 Å². The molecule has 6 heteroatoms. The molecule has 0 aliphatic rings. The first-order valence-corrected chi connectivity index (χ1v) is 5.27. The first kappa shape index (κ1) is 11.5. The quantitative estimate of drug-likeness (QED) is 0.822. The number of rotatable bonds is 2. The van der Waals surface area contributed by atoms with E-state index >= 15 is 0 Å². The molecule has 0 saturated carbocycles. The number of benzene rings is 1. The molecule has 0 N–H and O–H groups in total. The fraction of sp³-hybridized carbons (Fsp3) is 0.0909. The molecule has 1 amide bonds. The molecule has 2 rings (SSSR count). The Morgan fingerprint density at radius 3 is 2.65 bits per heavy atom. The van der Waals surface area contributed by atoms with Gasteiger partial charge in [-0.1, -0.05) is 34.6 Å². The molecule has 17 heavy (non-hydrogen) atoms. The van der Waals surface area contributed by atoms with Gasteiger partial charge in [0.15, 0.2) is 5.15 Å². The highest BCUT2D eigenvalue weighted by molar-refractivity contribution is 6.29. The van der Waals surface area contributed by atoms with Crippen molar-refractivity contribution < 1.29 is 9.63 Å². The second kappa shape index (κ2) is 4.88. The van der Waals surface area contributed by atoms with Crippen molar-refractivity contribution in [3.05, 3.63) is 47.7 Å². The van der Waals surface area contributed by atoms with Crippen molar-refractivity contribution in [2.45, 2.75) is 0 Å². The van der Waals surface area contributed by atoms with Crippen LogP contribution in [0.2, 0.25) is 5.15 Å². The summed E-state index contributed by atoms with van der Waals surface area (Å²) in [5, 5.41) is 3.98. The highest BCUT2D eigenvalue weighted by Crippen LogP contribution is 2.12. The van der Waals surface area contributed by atoms with Gasteiger partial charge in [-0.3, -0.25) is 9.74 Å². The Kier molecular flexibility index (Phi) is 3.30. The van der Waals surface area contributed by atoms with E-state index in [0.717, 1.165) is 10.5 Å². The van der Waals surface area contributed by atoms with Crippen LogP contribution in [-0.4, -0.2) is 23.1 Å². The second-order valence-electron chi connectivity index (χ2n) is 3.28. The largest absolute Gasteiger partial charge is 0.440 e. The first-order chi connectivity index (χ1) is 8.18. The van der Waals surface area contributed by atoms with Crippen molar-refractivity contribution in [2.24, 2.45) is 0 Å². The summed E-state index contributed by atoms with van der Waals surface area (Å²) in [6.45, 7) is 0. The number of para-hydroxylation sites is 1. The number of aromatic nitrogens is 2. The monoisotopic (exact) mass is 251 g/mol. The van der Waals surface area contributed by atoms with Crippen LogP contribution < -0.4 is 9.74 Å². The van der Waals surface area contributed by atoms with Gasteiger partial charge < -0.3 is 0 Å². The Balaban J connectivity index is 2.09. The minimum Gasteiger partial charge on any atom is -0.297 e. The van der Waals surface area contributed by atoms with Crippen LogP contribution in [0.4, 0.5) is 10.5 Å². The Labute approximate surface area is 103 Å². The maximum Gasteiger partial charge on any atom is 0.440 e. The summed E-state index contributed by atoms with van der Waals surface area (Å²) in [6, 6.07) is 10.7. The molecule has 1 aromatic heterocycles. The molecule has 0 spiro atoms. The average molecular weight is 252 g/mol. The fourth-order valence-electron chi connectivity index (χ4n) is 1.23. The lowest BCUT2D eigenvalue weighted by atomic mass is 10.3. The third-order valence-electron chi connectivity index (χ3n) is 2.15. The first-order valence-electron chi connectivity index (χ1n) is 4.89. The van der Waals surface area contributed by atoms with Gasteiger partial charge in [-0.2, -0.15) is 0 Å². The maximum atomic E-state index is 11.7. The Hall–Kier alpha value is -2.01. The maximum absolute atomic E-state index is 11.7. The van der Waals surface area contributed by atoms with Crippen LogP contribution in [0, 0.1) is 0 Å². The molecule has 1 heterocycles. The fourth-order valence-corrected chi connectivity index (χ4v) is 1.37. The van der Waals surface area contributed by atoms with Crippen LogP contribution in [0.25, 0.3) is 0 Å². The Morgan fingerprint density at radius 1 is 1.35 bits per heavy atom. The van der Waals surface area contributed by atoms with E-state index in [0.29, 0.717) is 0 Å². The summed E-state index contributed by atoms with van der Waals surface area (Å²) >= 11 is 5.74. The van der Waals surface area contributed by atoms with Gasteiger partial charge in [-0.25, -0.2) is 4.79 Å². The van der Waals surface area contributed by atoms with E-state index < -0.39 is 6.09 Å². The third-order valence-corrected chi connectivity index (χ3v) is 2.42. The average Bonchev–Trinajstić information content (AvgIpc) is 2.75. The summed E-state index contributed by atoms with van der Waals surface area (Å²) in [5.41, 5.74) is 0.723. The standard InChI is InChI=1S/C11H10ClN3O2/c1-14(9-5-3-2-4-6-9)11(16)17-15-10(12)7-8-13-15/h2-8H,1H3. The molecular formula is C11H10ClN3O2. The lowest BCUT2D eigenvalue weighted by Crippen LogP contribution is -2.34. The van der Waals surface area contributed by atoms with Gasteiger partial charge >= 0.3 is 6.09 Å². The van der Waals surface area contributed by atoms with E-state index in [1.165, 1.54) is 17.2 Å². The highest BCUT2D eigenvalue weighted by atomic mass is 35.5. The second-order valence-corrected chi connectivity index (χ2v) is 3.67. The Bertz CT molecular complexity index is 512. The molecule has 2 aromatic rings. The van der Waals surface area contributed by atoms with Crippen molar-refractivity contribution in [1.29, 1.82) is 0 Å². The van der Waals surface area contributed by atoms with E-state index in [-0.39, 0.29) is 5.15 Å². The third kappa shape index (κ3) is 2.57. The summed E-state index contributed by atoms with van der Waals surface area (Å²) < 4.78 is 0. The zero-order valence-electron chi connectivity index (χ0n) is 9.08. The zero-order chi connectivity index (χ0) is 12.3. The molecule has 0 fully saturated rings. The van der Waals surface area contributed by atoms with Gasteiger partial charge in [0.1, 0.15) is 0 Å². The topological polar surface area (TPSA) is 47.4 Å². The lowest BCUT2D eigenvalue weighted by molar-refractivity contribution is 0.124. The zero-order valence-corrected chi connectivity index (χ0v) is 9.83. The van der Waals surface area contributed by atoms with E-state index in [1.54, 1.807) is 19.2 Å². The highest BCUT2D eigenvalue weighted by Gasteiger charge is 2.14. The van der Waals surface area contributed by atoms with Crippen molar-refractivity contribution >= 4 is 23.4 Å². The number of halogens is 1. The minimum absolute atomic E-state index is 0.236. The SMILES string of the molecule is CN(C(=O)On1nccc1Cl)c1ccccc1. The number of anilines is 1. The predicted molar refractivity (Wildman–Crippen MR) is 64.1 cm³/mol. The van der Waals surface area contributed by atoms with Gasteiger partial charge in [0.05, 0.1) is 6.20 Å². The molecule has 0 radical (unpaired) electrons. The molecule has 0 saturated heterocycles. The van der Waals surface area contributed by atoms with Crippen LogP contribution in [0.3, 0.4) is 0 Å². The van der Waals surface area contributed by atoms with Gasteiger partial charge in [0, 0.05) is 12.7 Å². The molecule has 0 unspecified atom stereocenters. The number of hydrogen-bond acceptors (Lipinski definition) is 3. The smallest absolute Gasteiger partial charge is 0.297 e. The van der Waals surface area contributed by atoms with Crippen molar-refractivity contribution in [3.63, 3.8) is 0 Å². The normalized spacial score (nSPS) is 10.0. The molecular weight excluding hydrogens is 242 g/mol. The predicted octanol–water partition coefficient (Wildman–Crippen LogP) is 2.22. The molecule has 0 aliphatic carbocycles. The molecule has 5 nitrogen and oxygen atoms in total. The number of hydrogen-bond donors (Lipinski definition) is 0. The van der Waals surface area contributed by atoms with Crippen molar-refractivity contribution in [1.82, 2.24) is 9.94 Å². The van der Waals surface area contributed by atoms with Gasteiger partial charge in [-0.15, -0.1) is 5.10 Å². The number of carbonyl (C=O) groups excluding carboxylic acids is 1. The van der Waals surface area contributed by atoms with Crippen molar-refractivity contribution in [2.75, 3.05) is 11.9 Å². The number of carbonyl (C=O) groups is 1. The van der Waals surface area contributed by atoms with Gasteiger partial charge in [0.25, 0.3) is 0 Å². The van der Waals surface area contributed by atoms with Crippen LogP contribution in [0.15, 0.2) is 42.6 Å². The van der Waals surface area contributed by atoms with Crippen molar-refractivity contribution in [3.8, 4) is 0 Å².